The van der Waals surface area contributed by atoms with Crippen molar-refractivity contribution in [3.8, 4) is 0 Å². The summed E-state index contributed by atoms with van der Waals surface area (Å²) in [5, 5.41) is 0. The lowest BCUT2D eigenvalue weighted by Gasteiger charge is -2.11. The Hall–Kier alpha value is -2.74. The Morgan fingerprint density at radius 1 is 0.639 bits per heavy atom. The number of rotatable bonds is 14. The highest BCUT2D eigenvalue weighted by Crippen LogP contribution is 2.37. The van der Waals surface area contributed by atoms with E-state index in [-0.39, 0.29) is 0 Å². The van der Waals surface area contributed by atoms with Gasteiger partial charge >= 0.3 is 0 Å². The fourth-order valence-electron chi connectivity index (χ4n) is 5.34. The smallest absolute Gasteiger partial charge is 0.214 e. The van der Waals surface area contributed by atoms with E-state index in [1.54, 1.807) is 0 Å². The van der Waals surface area contributed by atoms with Crippen LogP contribution in [0.15, 0.2) is 60.2 Å². The van der Waals surface area contributed by atoms with E-state index in [0.717, 1.165) is 34.5 Å². The number of hydrogen-bond acceptors (Lipinski definition) is 0. The number of benzene rings is 2. The predicted molar refractivity (Wildman–Crippen MR) is 156 cm³/mol. The molecule has 1 aliphatic heterocycles. The molecule has 1 heterocycles. The van der Waals surface area contributed by atoms with Gasteiger partial charge in [-0.15, -0.1) is 0 Å². The summed E-state index contributed by atoms with van der Waals surface area (Å²) in [7, 11) is 0. The maximum atomic E-state index is 11.4. The second-order valence-electron chi connectivity index (χ2n) is 10.8. The minimum atomic E-state index is 0.842. The zero-order chi connectivity index (χ0) is 25.9. The van der Waals surface area contributed by atoms with Gasteiger partial charge in [0, 0.05) is 17.2 Å². The first-order chi connectivity index (χ1) is 17.4. The molecule has 0 fully saturated rings. The molecule has 2 aromatic rings. The van der Waals surface area contributed by atoms with E-state index in [1.807, 2.05) is 0 Å². The minimum Gasteiger partial charge on any atom is -0.493 e. The maximum Gasteiger partial charge on any atom is 0.214 e. The molecule has 0 amide bonds. The van der Waals surface area contributed by atoms with E-state index >= 15 is 0 Å². The van der Waals surface area contributed by atoms with Crippen LogP contribution < -0.4 is 0 Å². The van der Waals surface area contributed by atoms with Crippen LogP contribution in [0.3, 0.4) is 0 Å². The molecule has 36 heavy (non-hydrogen) atoms. The van der Waals surface area contributed by atoms with Crippen LogP contribution in [0.25, 0.3) is 16.9 Å². The molecule has 0 N–H and O–H groups in total. The van der Waals surface area contributed by atoms with Crippen molar-refractivity contribution in [1.82, 2.24) is 0 Å². The van der Waals surface area contributed by atoms with Gasteiger partial charge in [-0.2, -0.15) is 0 Å². The number of allylic oxidation sites excluding steroid dienone is 4. The summed E-state index contributed by atoms with van der Waals surface area (Å²) in [6.45, 7) is 10.7. The number of hydrogen-bond donors (Lipinski definition) is 0. The summed E-state index contributed by atoms with van der Waals surface area (Å²) >= 11 is 0. The quantitative estimate of drug-likeness (QED) is 0.189. The Kier molecular flexibility index (Phi) is 10.9. The molecule has 0 atom stereocenters. The van der Waals surface area contributed by atoms with Crippen molar-refractivity contribution in [3.63, 3.8) is 0 Å². The first-order valence-electron chi connectivity index (χ1n) is 14.2. The Balaban J connectivity index is 1.66. The Labute approximate surface area is 220 Å². The topological polar surface area (TPSA) is 25.3 Å². The highest BCUT2D eigenvalue weighted by molar-refractivity contribution is 5.81. The van der Waals surface area contributed by atoms with Gasteiger partial charge in [-0.3, -0.25) is 0 Å². The van der Waals surface area contributed by atoms with Crippen LogP contribution in [0, 0.1) is 27.7 Å². The molecule has 0 aliphatic carbocycles. The SMILES string of the molecule is CCCCCCCCCCCCC=CC1=C(c2cc(C)cc(C)c2)[N+](=[N-])C(c2cc(C)cc(C)c2)=C1. The molecule has 2 aromatic carbocycles. The van der Waals surface area contributed by atoms with Gasteiger partial charge < -0.3 is 5.53 Å². The molecule has 0 spiro atoms. The monoisotopic (exact) mass is 482 g/mol. The number of aryl methyl sites for hydroxylation is 4. The van der Waals surface area contributed by atoms with Gasteiger partial charge in [0.25, 0.3) is 0 Å². The van der Waals surface area contributed by atoms with Crippen molar-refractivity contribution >= 4 is 11.4 Å². The van der Waals surface area contributed by atoms with Crippen LogP contribution >= 0.6 is 0 Å². The third-order valence-electron chi connectivity index (χ3n) is 7.04. The summed E-state index contributed by atoms with van der Waals surface area (Å²) in [5.74, 6) is 0. The molecule has 0 aromatic heterocycles. The van der Waals surface area contributed by atoms with E-state index in [0.29, 0.717) is 0 Å². The second kappa shape index (κ2) is 14.1. The van der Waals surface area contributed by atoms with Gasteiger partial charge in [0.05, 0.1) is 5.57 Å². The molecule has 0 saturated heterocycles. The molecular weight excluding hydrogens is 436 g/mol. The summed E-state index contributed by atoms with van der Waals surface area (Å²) < 4.78 is 1.39. The fourth-order valence-corrected chi connectivity index (χ4v) is 5.34. The summed E-state index contributed by atoms with van der Waals surface area (Å²) in [6, 6.07) is 13.0. The molecule has 0 radical (unpaired) electrons. The Morgan fingerprint density at radius 3 is 1.64 bits per heavy atom. The minimum absolute atomic E-state index is 0.842. The lowest BCUT2D eigenvalue weighted by molar-refractivity contribution is -0.344. The Bertz CT molecular complexity index is 1090. The molecular formula is C34H46N2. The van der Waals surface area contributed by atoms with Gasteiger partial charge in [0.2, 0.25) is 11.4 Å². The van der Waals surface area contributed by atoms with Crippen LogP contribution in [0.4, 0.5) is 0 Å². The summed E-state index contributed by atoms with van der Waals surface area (Å²) in [4.78, 5) is 0. The van der Waals surface area contributed by atoms with Crippen LogP contribution in [0.5, 0.6) is 0 Å². The number of nitrogens with zero attached hydrogens (tertiary/aromatic N) is 2. The maximum absolute atomic E-state index is 11.4. The van der Waals surface area contributed by atoms with E-state index in [2.05, 4.69) is 89.2 Å². The summed E-state index contributed by atoms with van der Waals surface area (Å²) in [5.41, 5.74) is 21.1. The lowest BCUT2D eigenvalue weighted by Crippen LogP contribution is -2.03. The third kappa shape index (κ3) is 8.15. The zero-order valence-electron chi connectivity index (χ0n) is 23.4. The largest absolute Gasteiger partial charge is 0.493 e. The standard InChI is InChI=1S/C34H46N2/c1-6-7-8-9-10-11-12-13-14-15-16-17-18-30-25-33(31-21-26(2)19-27(3)22-31)36(35)34(30)32-23-28(4)20-29(5)24-32/h17-25H,6-16H2,1-5H3. The average Bonchev–Trinajstić information content (AvgIpc) is 3.14. The van der Waals surface area contributed by atoms with Gasteiger partial charge in [-0.05, 0) is 64.8 Å². The number of unbranched alkanes of at least 4 members (excludes halogenated alkanes) is 10. The van der Waals surface area contributed by atoms with Crippen molar-refractivity contribution in [3.05, 3.63) is 99.1 Å². The van der Waals surface area contributed by atoms with Gasteiger partial charge in [-0.1, -0.05) is 111 Å². The highest BCUT2D eigenvalue weighted by Gasteiger charge is 2.28. The van der Waals surface area contributed by atoms with E-state index in [4.69, 9.17) is 0 Å². The van der Waals surface area contributed by atoms with E-state index in [1.165, 1.54) is 91.2 Å². The van der Waals surface area contributed by atoms with Crippen LogP contribution in [-0.2, 0) is 0 Å². The fraction of sp³-hybridized carbons (Fsp3) is 0.471. The molecule has 0 unspecified atom stereocenters. The molecule has 0 saturated carbocycles. The molecule has 0 bridgehead atoms. The normalized spacial score (nSPS) is 13.8. The molecule has 192 valence electrons. The molecule has 2 heteroatoms. The highest BCUT2D eigenvalue weighted by atomic mass is 15.2. The summed E-state index contributed by atoms with van der Waals surface area (Å²) in [6.07, 6.45) is 21.3. The Morgan fingerprint density at radius 2 is 1.11 bits per heavy atom. The van der Waals surface area contributed by atoms with E-state index in [9.17, 15) is 5.53 Å². The average molecular weight is 483 g/mol. The van der Waals surface area contributed by atoms with Gasteiger partial charge in [0.15, 0.2) is 0 Å². The van der Waals surface area contributed by atoms with Crippen molar-refractivity contribution in [2.45, 2.75) is 105 Å². The molecule has 3 rings (SSSR count). The van der Waals surface area contributed by atoms with Crippen LogP contribution in [0.1, 0.15) is 111 Å². The molecule has 2 nitrogen and oxygen atoms in total. The van der Waals surface area contributed by atoms with Crippen molar-refractivity contribution in [2.75, 3.05) is 0 Å². The van der Waals surface area contributed by atoms with Gasteiger partial charge in [0.1, 0.15) is 0 Å². The predicted octanol–water partition coefficient (Wildman–Crippen LogP) is 10.6. The van der Waals surface area contributed by atoms with Crippen LogP contribution in [-0.4, -0.2) is 4.70 Å². The van der Waals surface area contributed by atoms with Crippen molar-refractivity contribution < 1.29 is 4.70 Å². The van der Waals surface area contributed by atoms with Crippen LogP contribution in [0.2, 0.25) is 0 Å². The first-order valence-corrected chi connectivity index (χ1v) is 14.2. The van der Waals surface area contributed by atoms with Crippen molar-refractivity contribution in [2.24, 2.45) is 0 Å². The van der Waals surface area contributed by atoms with Gasteiger partial charge in [-0.25, -0.2) is 4.70 Å². The van der Waals surface area contributed by atoms with E-state index < -0.39 is 0 Å². The molecule has 1 aliphatic rings. The first kappa shape index (κ1) is 27.8. The second-order valence-corrected chi connectivity index (χ2v) is 10.8. The third-order valence-corrected chi connectivity index (χ3v) is 7.04. The van der Waals surface area contributed by atoms with Crippen molar-refractivity contribution in [1.29, 1.82) is 0 Å². The lowest BCUT2D eigenvalue weighted by atomic mass is 10.0. The zero-order valence-corrected chi connectivity index (χ0v) is 23.4.